The van der Waals surface area contributed by atoms with Crippen LogP contribution in [0.1, 0.15) is 5.56 Å². The Labute approximate surface area is 75.5 Å². The molecule has 0 radical (unpaired) electrons. The van der Waals surface area contributed by atoms with Gasteiger partial charge in [-0.1, -0.05) is 17.7 Å². The van der Waals surface area contributed by atoms with Gasteiger partial charge >= 0.3 is 0 Å². The van der Waals surface area contributed by atoms with Crippen LogP contribution >= 0.6 is 22.9 Å². The Morgan fingerprint density at radius 1 is 1.20 bits per heavy atom. The molecule has 54 valence electrons. The Kier molecular flexibility index (Phi) is 2.54. The van der Waals surface area contributed by atoms with Gasteiger partial charge in [-0.05, 0) is 19.1 Å². The molecule has 0 saturated heterocycles. The van der Waals surface area contributed by atoms with E-state index in [4.69, 9.17) is 0 Å². The fourth-order valence-corrected chi connectivity index (χ4v) is 1.07. The Morgan fingerprint density at radius 2 is 1.70 bits per heavy atom. The molecule has 10 heavy (non-hydrogen) atoms. The highest BCUT2D eigenvalue weighted by Gasteiger charge is 1.92. The van der Waals surface area contributed by atoms with Crippen molar-refractivity contribution in [2.45, 2.75) is 6.92 Å². The molecule has 0 fully saturated rings. The van der Waals surface area contributed by atoms with Crippen molar-refractivity contribution in [3.8, 4) is 0 Å². The minimum Gasteiger partial charge on any atom is -0.318 e. The number of hydrogen-bond acceptors (Lipinski definition) is 1. The van der Waals surface area contributed by atoms with Crippen LogP contribution in [0.25, 0.3) is 0 Å². The number of benzene rings is 1. The summed E-state index contributed by atoms with van der Waals surface area (Å²) in [4.78, 5) is 0. The van der Waals surface area contributed by atoms with Gasteiger partial charge < -0.3 is 3.11 Å². The average Bonchev–Trinajstić information content (AvgIpc) is 1.88. The van der Waals surface area contributed by atoms with E-state index in [0.717, 1.165) is 0 Å². The molecule has 1 aromatic carbocycles. The molecule has 1 aromatic rings. The van der Waals surface area contributed by atoms with E-state index >= 15 is 0 Å². The van der Waals surface area contributed by atoms with Crippen LogP contribution in [-0.4, -0.2) is 7.05 Å². The van der Waals surface area contributed by atoms with Crippen LogP contribution in [0.4, 0.5) is 5.69 Å². The monoisotopic (exact) mass is 247 g/mol. The zero-order chi connectivity index (χ0) is 7.56. The van der Waals surface area contributed by atoms with Gasteiger partial charge in [0.2, 0.25) is 0 Å². The third-order valence-corrected chi connectivity index (χ3v) is 1.95. The smallest absolute Gasteiger partial charge is 0.0588 e. The molecule has 0 aliphatic rings. The van der Waals surface area contributed by atoms with Crippen LogP contribution in [0.3, 0.4) is 0 Å². The maximum absolute atomic E-state index is 2.25. The summed E-state index contributed by atoms with van der Waals surface area (Å²) >= 11 is 2.25. The summed E-state index contributed by atoms with van der Waals surface area (Å²) in [7, 11) is 2.03. The maximum Gasteiger partial charge on any atom is 0.0588 e. The first-order valence-corrected chi connectivity index (χ1v) is 4.13. The summed E-state index contributed by atoms with van der Waals surface area (Å²) in [5.41, 5.74) is 2.55. The third-order valence-electron chi connectivity index (χ3n) is 1.39. The van der Waals surface area contributed by atoms with Crippen LogP contribution < -0.4 is 3.11 Å². The number of halogens is 1. The molecule has 0 amide bonds. The highest BCUT2D eigenvalue weighted by atomic mass is 127. The first-order valence-electron chi connectivity index (χ1n) is 3.16. The van der Waals surface area contributed by atoms with E-state index in [2.05, 4.69) is 57.2 Å². The molecule has 0 spiro atoms. The van der Waals surface area contributed by atoms with E-state index in [1.165, 1.54) is 11.3 Å². The van der Waals surface area contributed by atoms with Crippen molar-refractivity contribution in [1.82, 2.24) is 0 Å². The van der Waals surface area contributed by atoms with Crippen molar-refractivity contribution in [1.29, 1.82) is 0 Å². The van der Waals surface area contributed by atoms with Gasteiger partial charge in [0.15, 0.2) is 0 Å². The second-order valence-electron chi connectivity index (χ2n) is 2.31. The maximum atomic E-state index is 2.25. The molecule has 0 atom stereocenters. The highest BCUT2D eigenvalue weighted by Crippen LogP contribution is 2.15. The summed E-state index contributed by atoms with van der Waals surface area (Å²) < 4.78 is 2.07. The van der Waals surface area contributed by atoms with E-state index < -0.39 is 0 Å². The van der Waals surface area contributed by atoms with Gasteiger partial charge in [0, 0.05) is 12.7 Å². The van der Waals surface area contributed by atoms with Crippen LogP contribution in [0.2, 0.25) is 0 Å². The second kappa shape index (κ2) is 3.23. The minimum absolute atomic E-state index is 1.24. The van der Waals surface area contributed by atoms with Gasteiger partial charge in [0.05, 0.1) is 22.9 Å². The Bertz CT molecular complexity index is 203. The average molecular weight is 247 g/mol. The second-order valence-corrected chi connectivity index (χ2v) is 3.76. The molecule has 0 aromatic heterocycles. The van der Waals surface area contributed by atoms with Crippen LogP contribution in [-0.2, 0) is 0 Å². The van der Waals surface area contributed by atoms with Crippen molar-refractivity contribution in [3.63, 3.8) is 0 Å². The van der Waals surface area contributed by atoms with Gasteiger partial charge in [0.25, 0.3) is 0 Å². The molecule has 0 N–H and O–H groups in total. The van der Waals surface area contributed by atoms with Crippen molar-refractivity contribution in [2.75, 3.05) is 10.2 Å². The van der Waals surface area contributed by atoms with Crippen molar-refractivity contribution in [2.24, 2.45) is 0 Å². The van der Waals surface area contributed by atoms with Gasteiger partial charge in [-0.2, -0.15) is 0 Å². The number of hydrogen-bond donors (Lipinski definition) is 0. The zero-order valence-corrected chi connectivity index (χ0v) is 8.29. The summed E-state index contributed by atoms with van der Waals surface area (Å²) in [5.74, 6) is 0. The lowest BCUT2D eigenvalue weighted by Crippen LogP contribution is -1.98. The minimum atomic E-state index is 1.24. The zero-order valence-electron chi connectivity index (χ0n) is 6.13. The lowest BCUT2D eigenvalue weighted by molar-refractivity contribution is 1.38. The molecule has 0 unspecified atom stereocenters. The standard InChI is InChI=1S/C8H10IN/c1-7-3-5-8(6-4-7)10(2)9/h3-6H,1-2H3. The molecule has 0 aliphatic heterocycles. The van der Waals surface area contributed by atoms with Gasteiger partial charge in [0.1, 0.15) is 0 Å². The highest BCUT2D eigenvalue weighted by molar-refractivity contribution is 14.1. The molecule has 0 saturated carbocycles. The third kappa shape index (κ3) is 1.87. The summed E-state index contributed by atoms with van der Waals surface area (Å²) in [6, 6.07) is 8.46. The number of rotatable bonds is 1. The predicted octanol–water partition coefficient (Wildman–Crippen LogP) is 2.78. The Balaban J connectivity index is 2.89. The quantitative estimate of drug-likeness (QED) is 0.544. The largest absolute Gasteiger partial charge is 0.318 e. The fourth-order valence-electron chi connectivity index (χ4n) is 0.750. The summed E-state index contributed by atoms with van der Waals surface area (Å²) in [6.45, 7) is 2.09. The first-order chi connectivity index (χ1) is 4.70. The number of nitrogens with zero attached hydrogens (tertiary/aromatic N) is 1. The van der Waals surface area contributed by atoms with Gasteiger partial charge in [-0.25, -0.2) is 0 Å². The van der Waals surface area contributed by atoms with E-state index in [1.54, 1.807) is 0 Å². The molecule has 0 bridgehead atoms. The first kappa shape index (κ1) is 7.85. The fraction of sp³-hybridized carbons (Fsp3) is 0.250. The molecule has 1 nitrogen and oxygen atoms in total. The lowest BCUT2D eigenvalue weighted by Gasteiger charge is -2.08. The van der Waals surface area contributed by atoms with E-state index in [1.807, 2.05) is 7.05 Å². The van der Waals surface area contributed by atoms with Crippen molar-refractivity contribution >= 4 is 28.6 Å². The number of anilines is 1. The number of aryl methyl sites for hydroxylation is 1. The van der Waals surface area contributed by atoms with E-state index in [9.17, 15) is 0 Å². The lowest BCUT2D eigenvalue weighted by atomic mass is 10.2. The Morgan fingerprint density at radius 3 is 2.10 bits per heavy atom. The van der Waals surface area contributed by atoms with Gasteiger partial charge in [-0.15, -0.1) is 0 Å². The Hall–Kier alpha value is -0.250. The molecular weight excluding hydrogens is 237 g/mol. The van der Waals surface area contributed by atoms with Gasteiger partial charge in [-0.3, -0.25) is 0 Å². The van der Waals surface area contributed by atoms with Crippen molar-refractivity contribution in [3.05, 3.63) is 29.8 Å². The van der Waals surface area contributed by atoms with Crippen LogP contribution in [0.15, 0.2) is 24.3 Å². The molecule has 2 heteroatoms. The molecular formula is C8H10IN. The summed E-state index contributed by atoms with van der Waals surface area (Å²) in [6.07, 6.45) is 0. The SMILES string of the molecule is Cc1ccc(N(C)I)cc1. The van der Waals surface area contributed by atoms with E-state index in [-0.39, 0.29) is 0 Å². The summed E-state index contributed by atoms with van der Waals surface area (Å²) in [5, 5.41) is 0. The van der Waals surface area contributed by atoms with Crippen LogP contribution in [0.5, 0.6) is 0 Å². The normalized spacial score (nSPS) is 9.50. The van der Waals surface area contributed by atoms with Crippen LogP contribution in [0, 0.1) is 6.92 Å². The van der Waals surface area contributed by atoms with Crippen molar-refractivity contribution < 1.29 is 0 Å². The topological polar surface area (TPSA) is 3.24 Å². The van der Waals surface area contributed by atoms with E-state index in [0.29, 0.717) is 0 Å². The molecule has 0 aliphatic carbocycles. The molecule has 0 heterocycles. The molecule has 1 rings (SSSR count). The predicted molar refractivity (Wildman–Crippen MR) is 53.6 cm³/mol.